The van der Waals surface area contributed by atoms with Crippen molar-refractivity contribution in [3.8, 4) is 11.5 Å². The van der Waals surface area contributed by atoms with E-state index in [0.29, 0.717) is 18.0 Å². The number of ether oxygens (including phenoxy) is 2. The van der Waals surface area contributed by atoms with Gasteiger partial charge in [0.2, 0.25) is 0 Å². The number of pyridine rings is 1. The maximum atomic E-state index is 5.69. The van der Waals surface area contributed by atoms with E-state index in [1.807, 2.05) is 24.4 Å². The normalized spacial score (nSPS) is 15.0. The van der Waals surface area contributed by atoms with Crippen molar-refractivity contribution in [1.29, 1.82) is 0 Å². The molecule has 0 spiro atoms. The molecule has 1 aliphatic rings. The molecule has 0 saturated carbocycles. The molecule has 1 unspecified atom stereocenters. The van der Waals surface area contributed by atoms with E-state index in [1.54, 1.807) is 0 Å². The van der Waals surface area contributed by atoms with Crippen molar-refractivity contribution in [2.45, 2.75) is 18.2 Å². The topological polar surface area (TPSA) is 34.6 Å². The zero-order valence-corrected chi connectivity index (χ0v) is 13.9. The van der Waals surface area contributed by atoms with Crippen LogP contribution in [0.2, 0.25) is 0 Å². The molecular formula is C16H19BrN2O2. The van der Waals surface area contributed by atoms with E-state index in [1.165, 1.54) is 0 Å². The van der Waals surface area contributed by atoms with Crippen molar-refractivity contribution in [2.75, 3.05) is 31.7 Å². The van der Waals surface area contributed by atoms with E-state index in [-0.39, 0.29) is 0 Å². The standard InChI is InChI=1S/C16H19BrN2O2/c1-11(17)4-6-19(2)16-13-10-15-14(20-7-8-21-15)9-12(13)3-5-18-16/h3,5,9-11H,4,6-8H2,1-2H3. The lowest BCUT2D eigenvalue weighted by Crippen LogP contribution is -2.22. The van der Waals surface area contributed by atoms with E-state index in [0.717, 1.165) is 41.1 Å². The van der Waals surface area contributed by atoms with Crippen molar-refractivity contribution in [2.24, 2.45) is 0 Å². The van der Waals surface area contributed by atoms with Crippen LogP contribution >= 0.6 is 15.9 Å². The van der Waals surface area contributed by atoms with Crippen LogP contribution in [0.4, 0.5) is 5.82 Å². The van der Waals surface area contributed by atoms with Gasteiger partial charge in [0.05, 0.1) is 0 Å². The highest BCUT2D eigenvalue weighted by Crippen LogP contribution is 2.37. The molecule has 1 aliphatic heterocycles. The number of nitrogens with zero attached hydrogens (tertiary/aromatic N) is 2. The van der Waals surface area contributed by atoms with Gasteiger partial charge in [0.1, 0.15) is 19.0 Å². The number of hydrogen-bond acceptors (Lipinski definition) is 4. The summed E-state index contributed by atoms with van der Waals surface area (Å²) >= 11 is 3.59. The summed E-state index contributed by atoms with van der Waals surface area (Å²) in [6.07, 6.45) is 2.92. The molecule has 0 bridgehead atoms. The minimum absolute atomic E-state index is 0.499. The summed E-state index contributed by atoms with van der Waals surface area (Å²) in [5.41, 5.74) is 0. The van der Waals surface area contributed by atoms with Crippen LogP contribution in [-0.4, -0.2) is 36.6 Å². The molecule has 0 amide bonds. The van der Waals surface area contributed by atoms with Gasteiger partial charge >= 0.3 is 0 Å². The number of rotatable bonds is 4. The number of benzene rings is 1. The summed E-state index contributed by atoms with van der Waals surface area (Å²) in [5, 5.41) is 2.23. The first-order valence-electron chi connectivity index (χ1n) is 7.18. The maximum Gasteiger partial charge on any atom is 0.162 e. The van der Waals surface area contributed by atoms with Crippen molar-refractivity contribution in [3.05, 3.63) is 24.4 Å². The van der Waals surface area contributed by atoms with Gasteiger partial charge in [-0.25, -0.2) is 4.98 Å². The average molecular weight is 351 g/mol. The van der Waals surface area contributed by atoms with E-state index < -0.39 is 0 Å². The van der Waals surface area contributed by atoms with Gasteiger partial charge in [-0.1, -0.05) is 22.9 Å². The number of alkyl halides is 1. The van der Waals surface area contributed by atoms with Crippen LogP contribution in [0.3, 0.4) is 0 Å². The quantitative estimate of drug-likeness (QED) is 0.788. The Labute approximate surface area is 133 Å². The lowest BCUT2D eigenvalue weighted by atomic mass is 10.1. The molecule has 0 fully saturated rings. The molecule has 112 valence electrons. The van der Waals surface area contributed by atoms with Crippen LogP contribution < -0.4 is 14.4 Å². The molecule has 0 radical (unpaired) electrons. The second-order valence-electron chi connectivity index (χ2n) is 5.34. The van der Waals surface area contributed by atoms with Gasteiger partial charge in [-0.05, 0) is 30.0 Å². The predicted molar refractivity (Wildman–Crippen MR) is 89.0 cm³/mol. The molecule has 3 rings (SSSR count). The molecule has 21 heavy (non-hydrogen) atoms. The summed E-state index contributed by atoms with van der Waals surface area (Å²) in [7, 11) is 2.08. The molecule has 4 nitrogen and oxygen atoms in total. The summed E-state index contributed by atoms with van der Waals surface area (Å²) in [6.45, 7) is 4.32. The number of fused-ring (bicyclic) bond motifs is 2. The molecule has 0 saturated heterocycles. The number of halogens is 1. The molecule has 1 aromatic heterocycles. The fraction of sp³-hybridized carbons (Fsp3) is 0.438. The van der Waals surface area contributed by atoms with E-state index >= 15 is 0 Å². The summed E-state index contributed by atoms with van der Waals surface area (Å²) in [5.74, 6) is 2.62. The number of anilines is 1. The minimum atomic E-state index is 0.499. The molecule has 5 heteroatoms. The number of hydrogen-bond donors (Lipinski definition) is 0. The van der Waals surface area contributed by atoms with Gasteiger partial charge in [0.15, 0.2) is 11.5 Å². The largest absolute Gasteiger partial charge is 0.486 e. The lowest BCUT2D eigenvalue weighted by molar-refractivity contribution is 0.172. The summed E-state index contributed by atoms with van der Waals surface area (Å²) in [4.78, 5) is 7.24. The van der Waals surface area contributed by atoms with Crippen molar-refractivity contribution in [3.63, 3.8) is 0 Å². The lowest BCUT2D eigenvalue weighted by Gasteiger charge is -2.23. The van der Waals surface area contributed by atoms with Crippen LogP contribution in [0.1, 0.15) is 13.3 Å². The van der Waals surface area contributed by atoms with E-state index in [9.17, 15) is 0 Å². The SMILES string of the molecule is CC(Br)CCN(C)c1nccc2cc3c(cc12)OCCO3. The Morgan fingerprint density at radius 2 is 2.00 bits per heavy atom. The monoisotopic (exact) mass is 350 g/mol. The second kappa shape index (κ2) is 6.10. The van der Waals surface area contributed by atoms with Gasteiger partial charge in [-0.3, -0.25) is 0 Å². The van der Waals surface area contributed by atoms with Gasteiger partial charge < -0.3 is 14.4 Å². The smallest absolute Gasteiger partial charge is 0.162 e. The van der Waals surface area contributed by atoms with E-state index in [2.05, 4.69) is 39.8 Å². The predicted octanol–water partition coefficient (Wildman–Crippen LogP) is 3.62. The van der Waals surface area contributed by atoms with Crippen LogP contribution in [0.5, 0.6) is 11.5 Å². The zero-order valence-electron chi connectivity index (χ0n) is 12.3. The Morgan fingerprint density at radius 3 is 2.71 bits per heavy atom. The van der Waals surface area contributed by atoms with Crippen LogP contribution in [0.15, 0.2) is 24.4 Å². The third kappa shape index (κ3) is 3.07. The van der Waals surface area contributed by atoms with Crippen molar-refractivity contribution < 1.29 is 9.47 Å². The molecule has 0 N–H and O–H groups in total. The first-order chi connectivity index (χ1) is 10.1. The first kappa shape index (κ1) is 14.4. The molecule has 1 atom stereocenters. The molecule has 2 heterocycles. The molecule has 2 aromatic rings. The highest BCUT2D eigenvalue weighted by molar-refractivity contribution is 9.09. The highest BCUT2D eigenvalue weighted by Gasteiger charge is 2.16. The Bertz CT molecular complexity index is 645. The highest BCUT2D eigenvalue weighted by atomic mass is 79.9. The zero-order chi connectivity index (χ0) is 14.8. The van der Waals surface area contributed by atoms with Crippen LogP contribution in [0, 0.1) is 0 Å². The van der Waals surface area contributed by atoms with Crippen LogP contribution in [0.25, 0.3) is 10.8 Å². The van der Waals surface area contributed by atoms with Gasteiger partial charge in [-0.15, -0.1) is 0 Å². The summed E-state index contributed by atoms with van der Waals surface area (Å²) in [6, 6.07) is 6.09. The van der Waals surface area contributed by atoms with E-state index in [4.69, 9.17) is 9.47 Å². The maximum absolute atomic E-state index is 5.69. The Kier molecular flexibility index (Phi) is 4.19. The Morgan fingerprint density at radius 1 is 1.29 bits per heavy atom. The third-order valence-corrected chi connectivity index (χ3v) is 4.09. The first-order valence-corrected chi connectivity index (χ1v) is 8.10. The minimum Gasteiger partial charge on any atom is -0.486 e. The Balaban J connectivity index is 1.98. The van der Waals surface area contributed by atoms with Crippen molar-refractivity contribution in [1.82, 2.24) is 4.98 Å². The summed E-state index contributed by atoms with van der Waals surface area (Å²) < 4.78 is 11.3. The average Bonchev–Trinajstić information content (AvgIpc) is 2.50. The molecular weight excluding hydrogens is 332 g/mol. The van der Waals surface area contributed by atoms with Gasteiger partial charge in [0, 0.05) is 30.0 Å². The van der Waals surface area contributed by atoms with Crippen molar-refractivity contribution >= 4 is 32.5 Å². The van der Waals surface area contributed by atoms with Gasteiger partial charge in [-0.2, -0.15) is 0 Å². The fourth-order valence-corrected chi connectivity index (χ4v) is 2.68. The fourth-order valence-electron chi connectivity index (χ4n) is 2.48. The molecule has 1 aromatic carbocycles. The number of aromatic nitrogens is 1. The second-order valence-corrected chi connectivity index (χ2v) is 6.91. The van der Waals surface area contributed by atoms with Gasteiger partial charge in [0.25, 0.3) is 0 Å². The van der Waals surface area contributed by atoms with Crippen LogP contribution in [-0.2, 0) is 0 Å². The molecule has 0 aliphatic carbocycles. The Hall–Kier alpha value is -1.49. The third-order valence-electron chi connectivity index (χ3n) is 3.63.